The zero-order valence-corrected chi connectivity index (χ0v) is 9.67. The van der Waals surface area contributed by atoms with Gasteiger partial charge >= 0.3 is 0 Å². The van der Waals surface area contributed by atoms with Gasteiger partial charge in [-0.25, -0.2) is 0 Å². The van der Waals surface area contributed by atoms with E-state index in [2.05, 4.69) is 22.5 Å². The maximum Gasteiger partial charge on any atom is 0.223 e. The van der Waals surface area contributed by atoms with Crippen molar-refractivity contribution in [2.24, 2.45) is 17.8 Å². The summed E-state index contributed by atoms with van der Waals surface area (Å²) in [5, 5.41) is 3.01. The maximum absolute atomic E-state index is 12.0. The molecule has 1 amide bonds. The van der Waals surface area contributed by atoms with E-state index in [-0.39, 0.29) is 11.8 Å². The van der Waals surface area contributed by atoms with E-state index in [0.29, 0.717) is 18.4 Å². The van der Waals surface area contributed by atoms with Gasteiger partial charge < -0.3 is 5.32 Å². The van der Waals surface area contributed by atoms with Crippen molar-refractivity contribution in [1.29, 1.82) is 0 Å². The fraction of sp³-hybridized carbons (Fsp3) is 0.429. The van der Waals surface area contributed by atoms with Crippen LogP contribution in [0.1, 0.15) is 18.4 Å². The lowest BCUT2D eigenvalue weighted by atomic mass is 9.93. The van der Waals surface area contributed by atoms with Crippen molar-refractivity contribution < 1.29 is 4.79 Å². The summed E-state index contributed by atoms with van der Waals surface area (Å²) in [5.74, 6) is 1.52. The van der Waals surface area contributed by atoms with E-state index in [1.54, 1.807) is 12.4 Å². The molecule has 1 aromatic heterocycles. The molecular formula is C14H16N2O. The zero-order chi connectivity index (χ0) is 11.7. The summed E-state index contributed by atoms with van der Waals surface area (Å²) in [7, 11) is 0. The summed E-state index contributed by atoms with van der Waals surface area (Å²) in [6.45, 7) is 0.588. The highest BCUT2D eigenvalue weighted by Gasteiger charge is 2.39. The molecule has 17 heavy (non-hydrogen) atoms. The van der Waals surface area contributed by atoms with Crippen LogP contribution in [0.4, 0.5) is 0 Å². The third kappa shape index (κ3) is 2.09. The number of amides is 1. The maximum atomic E-state index is 12.0. The van der Waals surface area contributed by atoms with Crippen molar-refractivity contribution >= 4 is 5.91 Å². The molecule has 2 aliphatic carbocycles. The van der Waals surface area contributed by atoms with Crippen LogP contribution in [0.2, 0.25) is 0 Å². The first-order valence-electron chi connectivity index (χ1n) is 6.18. The number of pyridine rings is 1. The van der Waals surface area contributed by atoms with Gasteiger partial charge in [0.1, 0.15) is 0 Å². The first-order chi connectivity index (χ1) is 8.33. The van der Waals surface area contributed by atoms with Crippen molar-refractivity contribution in [3.8, 4) is 0 Å². The molecule has 3 heteroatoms. The molecule has 2 bridgehead atoms. The minimum absolute atomic E-state index is 0.196. The number of carbonyl (C=O) groups is 1. The topological polar surface area (TPSA) is 42.0 Å². The number of rotatable bonds is 3. The van der Waals surface area contributed by atoms with Crippen LogP contribution >= 0.6 is 0 Å². The van der Waals surface area contributed by atoms with Gasteiger partial charge in [0, 0.05) is 24.9 Å². The smallest absolute Gasteiger partial charge is 0.223 e. The van der Waals surface area contributed by atoms with Crippen molar-refractivity contribution in [3.05, 3.63) is 42.2 Å². The summed E-state index contributed by atoms with van der Waals surface area (Å²) in [6.07, 6.45) is 10.2. The molecule has 1 fully saturated rings. The summed E-state index contributed by atoms with van der Waals surface area (Å²) in [4.78, 5) is 16.1. The molecular weight excluding hydrogens is 212 g/mol. The third-order valence-electron chi connectivity index (χ3n) is 3.81. The molecule has 1 saturated carbocycles. The molecule has 3 unspecified atom stereocenters. The number of hydrogen-bond donors (Lipinski definition) is 1. The van der Waals surface area contributed by atoms with Gasteiger partial charge in [0.25, 0.3) is 0 Å². The van der Waals surface area contributed by atoms with E-state index in [1.807, 2.05) is 12.1 Å². The lowest BCUT2D eigenvalue weighted by Gasteiger charge is -2.17. The Hall–Kier alpha value is -1.64. The highest BCUT2D eigenvalue weighted by molar-refractivity contribution is 5.79. The van der Waals surface area contributed by atoms with Gasteiger partial charge in [-0.05, 0) is 36.3 Å². The molecule has 3 atom stereocenters. The van der Waals surface area contributed by atoms with Gasteiger partial charge in [-0.1, -0.05) is 18.2 Å². The van der Waals surface area contributed by atoms with Gasteiger partial charge in [-0.3, -0.25) is 9.78 Å². The summed E-state index contributed by atoms with van der Waals surface area (Å²) in [5.41, 5.74) is 1.06. The molecule has 0 radical (unpaired) electrons. The SMILES string of the molecule is O=C(NCc1cccnc1)C1CC2C=CC1C2. The Bertz CT molecular complexity index is 441. The number of aromatic nitrogens is 1. The fourth-order valence-corrected chi connectivity index (χ4v) is 2.91. The molecule has 2 aliphatic rings. The predicted molar refractivity (Wildman–Crippen MR) is 64.9 cm³/mol. The van der Waals surface area contributed by atoms with Crippen LogP contribution in [0.3, 0.4) is 0 Å². The van der Waals surface area contributed by atoms with Gasteiger partial charge in [0.2, 0.25) is 5.91 Å². The Labute approximate surface area is 101 Å². The number of nitrogens with one attached hydrogen (secondary N) is 1. The first kappa shape index (κ1) is 10.5. The van der Waals surface area contributed by atoms with Crippen molar-refractivity contribution in [2.75, 3.05) is 0 Å². The Morgan fingerprint density at radius 3 is 3.00 bits per heavy atom. The van der Waals surface area contributed by atoms with E-state index in [0.717, 1.165) is 12.0 Å². The van der Waals surface area contributed by atoms with E-state index in [1.165, 1.54) is 6.42 Å². The largest absolute Gasteiger partial charge is 0.352 e. The Kier molecular flexibility index (Phi) is 2.67. The molecule has 1 aromatic rings. The van der Waals surface area contributed by atoms with Crippen LogP contribution in [0, 0.1) is 17.8 Å². The van der Waals surface area contributed by atoms with Crippen molar-refractivity contribution in [2.45, 2.75) is 19.4 Å². The lowest BCUT2D eigenvalue weighted by Crippen LogP contribution is -2.32. The van der Waals surface area contributed by atoms with Gasteiger partial charge in [-0.15, -0.1) is 0 Å². The van der Waals surface area contributed by atoms with Crippen molar-refractivity contribution in [3.63, 3.8) is 0 Å². The van der Waals surface area contributed by atoms with Gasteiger partial charge in [-0.2, -0.15) is 0 Å². The van der Waals surface area contributed by atoms with Gasteiger partial charge in [0.05, 0.1) is 0 Å². The van der Waals surface area contributed by atoms with E-state index >= 15 is 0 Å². The van der Waals surface area contributed by atoms with Crippen LogP contribution in [-0.2, 0) is 11.3 Å². The number of carbonyl (C=O) groups excluding carboxylic acids is 1. The van der Waals surface area contributed by atoms with Crippen LogP contribution < -0.4 is 5.32 Å². The van der Waals surface area contributed by atoms with Crippen LogP contribution in [0.5, 0.6) is 0 Å². The Morgan fingerprint density at radius 2 is 2.35 bits per heavy atom. The molecule has 3 nitrogen and oxygen atoms in total. The van der Waals surface area contributed by atoms with E-state index < -0.39 is 0 Å². The molecule has 0 aromatic carbocycles. The third-order valence-corrected chi connectivity index (χ3v) is 3.81. The minimum atomic E-state index is 0.196. The highest BCUT2D eigenvalue weighted by atomic mass is 16.1. The average Bonchev–Trinajstić information content (AvgIpc) is 2.99. The summed E-state index contributed by atoms with van der Waals surface area (Å²) >= 11 is 0. The lowest BCUT2D eigenvalue weighted by molar-refractivity contribution is -0.125. The molecule has 88 valence electrons. The zero-order valence-electron chi connectivity index (χ0n) is 9.67. The fourth-order valence-electron chi connectivity index (χ4n) is 2.91. The van der Waals surface area contributed by atoms with Crippen LogP contribution in [0.25, 0.3) is 0 Å². The Morgan fingerprint density at radius 1 is 1.41 bits per heavy atom. The molecule has 1 heterocycles. The number of hydrogen-bond acceptors (Lipinski definition) is 2. The van der Waals surface area contributed by atoms with E-state index in [9.17, 15) is 4.79 Å². The molecule has 3 rings (SSSR count). The number of nitrogens with zero attached hydrogens (tertiary/aromatic N) is 1. The highest BCUT2D eigenvalue weighted by Crippen LogP contribution is 2.43. The van der Waals surface area contributed by atoms with Crippen LogP contribution in [0.15, 0.2) is 36.7 Å². The second-order valence-corrected chi connectivity index (χ2v) is 4.97. The number of allylic oxidation sites excluding steroid dienone is 2. The monoisotopic (exact) mass is 228 g/mol. The molecule has 0 spiro atoms. The predicted octanol–water partition coefficient (Wildman–Crippen LogP) is 1.91. The Balaban J connectivity index is 1.56. The average molecular weight is 228 g/mol. The van der Waals surface area contributed by atoms with Crippen LogP contribution in [-0.4, -0.2) is 10.9 Å². The quantitative estimate of drug-likeness (QED) is 0.803. The molecule has 1 N–H and O–H groups in total. The standard InChI is InChI=1S/C14H16N2O/c17-14(13-7-10-3-4-12(13)6-10)16-9-11-2-1-5-15-8-11/h1-5,8,10,12-13H,6-7,9H2,(H,16,17). The normalized spacial score (nSPS) is 29.5. The summed E-state index contributed by atoms with van der Waals surface area (Å²) in [6, 6.07) is 3.87. The van der Waals surface area contributed by atoms with E-state index in [4.69, 9.17) is 0 Å². The molecule has 0 aliphatic heterocycles. The second-order valence-electron chi connectivity index (χ2n) is 4.97. The van der Waals surface area contributed by atoms with Gasteiger partial charge in [0.15, 0.2) is 0 Å². The number of fused-ring (bicyclic) bond motifs is 2. The summed E-state index contributed by atoms with van der Waals surface area (Å²) < 4.78 is 0. The second kappa shape index (κ2) is 4.32. The molecule has 0 saturated heterocycles. The minimum Gasteiger partial charge on any atom is -0.352 e. The first-order valence-corrected chi connectivity index (χ1v) is 6.18. The van der Waals surface area contributed by atoms with Crippen molar-refractivity contribution in [1.82, 2.24) is 10.3 Å².